The second-order valence-electron chi connectivity index (χ2n) is 6.98. The van der Waals surface area contributed by atoms with Gasteiger partial charge in [0.2, 0.25) is 0 Å². The molecule has 3 rings (SSSR count). The van der Waals surface area contributed by atoms with Crippen molar-refractivity contribution in [2.45, 2.75) is 32.9 Å². The Hall–Kier alpha value is -3.09. The van der Waals surface area contributed by atoms with Crippen LogP contribution in [0.25, 0.3) is 11.3 Å². The second kappa shape index (κ2) is 10.6. The average Bonchev–Trinajstić information content (AvgIpc) is 3.15. The number of hydrogen-bond donors (Lipinski definition) is 1. The van der Waals surface area contributed by atoms with Crippen LogP contribution in [0.5, 0.6) is 5.75 Å². The molecule has 0 saturated carbocycles. The zero-order valence-corrected chi connectivity index (χ0v) is 17.5. The van der Waals surface area contributed by atoms with Crippen molar-refractivity contribution in [3.63, 3.8) is 0 Å². The standard InChI is InChI=1S/C24H29N2O4/c1-3-28-23(24(27)30-25)17-19-10-12-21(13-11-19)29-16-15-26-18(2)9-14-22(26)20-7-5-4-6-8-20/h4-14,23H,3,15-17H2,1-2,25H3/q+1. The molecule has 0 radical (unpaired) electrons. The first kappa shape index (κ1) is 21.6. The van der Waals surface area contributed by atoms with Crippen molar-refractivity contribution in [2.24, 2.45) is 0 Å². The van der Waals surface area contributed by atoms with Crippen LogP contribution in [0.1, 0.15) is 18.2 Å². The minimum absolute atomic E-state index is 0.435. The number of aromatic nitrogens is 1. The summed E-state index contributed by atoms with van der Waals surface area (Å²) in [6.07, 6.45) is -0.210. The van der Waals surface area contributed by atoms with E-state index < -0.39 is 12.1 Å². The smallest absolute Gasteiger partial charge is 0.395 e. The Morgan fingerprint density at radius 2 is 1.77 bits per heavy atom. The molecule has 0 aliphatic rings. The Balaban J connectivity index is 1.58. The summed E-state index contributed by atoms with van der Waals surface area (Å²) < 4.78 is 13.7. The third-order valence-electron chi connectivity index (χ3n) is 4.97. The fourth-order valence-electron chi connectivity index (χ4n) is 3.42. The first-order valence-corrected chi connectivity index (χ1v) is 10.1. The van der Waals surface area contributed by atoms with Crippen molar-refractivity contribution in [1.82, 2.24) is 4.57 Å². The molecule has 0 aliphatic carbocycles. The third-order valence-corrected chi connectivity index (χ3v) is 4.97. The molecule has 6 heteroatoms. The Bertz CT molecular complexity index is 936. The molecule has 0 amide bonds. The lowest BCUT2D eigenvalue weighted by atomic mass is 10.1. The number of benzene rings is 2. The lowest BCUT2D eigenvalue weighted by molar-refractivity contribution is -0.658. The maximum absolute atomic E-state index is 11.7. The van der Waals surface area contributed by atoms with E-state index in [9.17, 15) is 4.79 Å². The SMILES string of the molecule is CCOC(Cc1ccc(OCCn2c(C)ccc2-c2ccccc2)cc1)C(=O)O[NH3+]. The Labute approximate surface area is 177 Å². The van der Waals surface area contributed by atoms with E-state index in [0.29, 0.717) is 19.6 Å². The van der Waals surface area contributed by atoms with Crippen LogP contribution in [0, 0.1) is 6.92 Å². The van der Waals surface area contributed by atoms with Crippen molar-refractivity contribution >= 4 is 5.97 Å². The number of ether oxygens (including phenoxy) is 2. The molecule has 0 aliphatic heterocycles. The van der Waals surface area contributed by atoms with Crippen molar-refractivity contribution < 1.29 is 25.0 Å². The van der Waals surface area contributed by atoms with Crippen LogP contribution in [-0.4, -0.2) is 29.9 Å². The minimum Gasteiger partial charge on any atom is -0.492 e. The third kappa shape index (κ3) is 5.49. The van der Waals surface area contributed by atoms with E-state index in [2.05, 4.69) is 46.5 Å². The van der Waals surface area contributed by atoms with Crippen LogP contribution in [0.15, 0.2) is 66.7 Å². The van der Waals surface area contributed by atoms with Crippen LogP contribution < -0.4 is 10.6 Å². The van der Waals surface area contributed by atoms with Gasteiger partial charge in [0.1, 0.15) is 12.4 Å². The van der Waals surface area contributed by atoms with Crippen LogP contribution in [0.4, 0.5) is 0 Å². The fraction of sp³-hybridized carbons (Fsp3) is 0.292. The number of aryl methyl sites for hydroxylation is 1. The summed E-state index contributed by atoms with van der Waals surface area (Å²) in [6, 6.07) is 22.3. The molecule has 0 fully saturated rings. The highest BCUT2D eigenvalue weighted by molar-refractivity contribution is 5.74. The van der Waals surface area contributed by atoms with E-state index >= 15 is 0 Å². The van der Waals surface area contributed by atoms with E-state index in [0.717, 1.165) is 17.9 Å². The molecule has 2 aromatic carbocycles. The average molecular weight is 410 g/mol. The lowest BCUT2D eigenvalue weighted by Crippen LogP contribution is -2.54. The quantitative estimate of drug-likeness (QED) is 0.522. The van der Waals surface area contributed by atoms with E-state index in [1.165, 1.54) is 17.0 Å². The van der Waals surface area contributed by atoms with Gasteiger partial charge in [-0.25, -0.2) is 4.79 Å². The number of carbonyl (C=O) groups excluding carboxylic acids is 1. The molecular weight excluding hydrogens is 380 g/mol. The van der Waals surface area contributed by atoms with Crippen LogP contribution in [-0.2, 0) is 27.3 Å². The van der Waals surface area contributed by atoms with Crippen LogP contribution in [0.3, 0.4) is 0 Å². The van der Waals surface area contributed by atoms with E-state index in [1.807, 2.05) is 49.4 Å². The van der Waals surface area contributed by atoms with Gasteiger partial charge in [0, 0.05) is 24.4 Å². The summed E-state index contributed by atoms with van der Waals surface area (Å²) in [4.78, 5) is 16.3. The Kier molecular flexibility index (Phi) is 7.65. The normalized spacial score (nSPS) is 11.8. The van der Waals surface area contributed by atoms with Gasteiger partial charge in [-0.3, -0.25) is 4.84 Å². The molecule has 3 aromatic rings. The van der Waals surface area contributed by atoms with Gasteiger partial charge in [0.05, 0.1) is 6.54 Å². The van der Waals surface area contributed by atoms with Gasteiger partial charge in [-0.2, -0.15) is 5.90 Å². The highest BCUT2D eigenvalue weighted by Crippen LogP contribution is 2.22. The number of carbonyl (C=O) groups is 1. The van der Waals surface area contributed by atoms with Gasteiger partial charge < -0.3 is 14.0 Å². The van der Waals surface area contributed by atoms with E-state index in [1.54, 1.807) is 0 Å². The van der Waals surface area contributed by atoms with Gasteiger partial charge in [-0.1, -0.05) is 42.5 Å². The summed E-state index contributed by atoms with van der Waals surface area (Å²) in [7, 11) is 0. The van der Waals surface area contributed by atoms with Crippen molar-refractivity contribution in [3.05, 3.63) is 78.0 Å². The number of nitrogens with zero attached hydrogens (tertiary/aromatic N) is 1. The first-order chi connectivity index (χ1) is 14.6. The van der Waals surface area contributed by atoms with Crippen molar-refractivity contribution in [3.8, 4) is 17.0 Å². The fourth-order valence-corrected chi connectivity index (χ4v) is 3.42. The molecule has 3 N–H and O–H groups in total. The lowest BCUT2D eigenvalue weighted by Gasteiger charge is -2.14. The molecule has 1 unspecified atom stereocenters. The topological polar surface area (TPSA) is 77.3 Å². The number of quaternary nitrogens is 1. The predicted octanol–water partition coefficient (Wildman–Crippen LogP) is 3.19. The summed E-state index contributed by atoms with van der Waals surface area (Å²) in [6.45, 7) is 5.70. The zero-order valence-electron chi connectivity index (χ0n) is 17.5. The first-order valence-electron chi connectivity index (χ1n) is 10.1. The molecule has 1 atom stereocenters. The molecule has 0 spiro atoms. The highest BCUT2D eigenvalue weighted by atomic mass is 16.7. The van der Waals surface area contributed by atoms with Crippen molar-refractivity contribution in [2.75, 3.05) is 13.2 Å². The zero-order chi connectivity index (χ0) is 21.3. The van der Waals surface area contributed by atoms with Gasteiger partial charge in [0.25, 0.3) is 0 Å². The predicted molar refractivity (Wildman–Crippen MR) is 115 cm³/mol. The summed E-state index contributed by atoms with van der Waals surface area (Å²) >= 11 is 0. The Morgan fingerprint density at radius 1 is 1.03 bits per heavy atom. The van der Waals surface area contributed by atoms with Gasteiger partial charge in [0.15, 0.2) is 6.10 Å². The van der Waals surface area contributed by atoms with Gasteiger partial charge in [-0.15, -0.1) is 0 Å². The van der Waals surface area contributed by atoms with Crippen molar-refractivity contribution in [1.29, 1.82) is 0 Å². The van der Waals surface area contributed by atoms with Gasteiger partial charge in [-0.05, 0) is 49.2 Å². The number of hydrogen-bond acceptors (Lipinski definition) is 4. The minimum atomic E-state index is -0.646. The summed E-state index contributed by atoms with van der Waals surface area (Å²) in [5.41, 5.74) is 4.55. The van der Waals surface area contributed by atoms with Crippen LogP contribution in [0.2, 0.25) is 0 Å². The molecule has 158 valence electrons. The largest absolute Gasteiger partial charge is 0.492 e. The second-order valence-corrected chi connectivity index (χ2v) is 6.98. The monoisotopic (exact) mass is 409 g/mol. The molecule has 6 nitrogen and oxygen atoms in total. The molecular formula is C24H29N2O4+. The Morgan fingerprint density at radius 3 is 2.43 bits per heavy atom. The maximum Gasteiger partial charge on any atom is 0.395 e. The number of rotatable bonds is 10. The molecule has 0 saturated heterocycles. The molecule has 0 bridgehead atoms. The summed E-state index contributed by atoms with van der Waals surface area (Å²) in [5, 5.41) is 0. The molecule has 30 heavy (non-hydrogen) atoms. The molecule has 1 aromatic heterocycles. The highest BCUT2D eigenvalue weighted by Gasteiger charge is 2.22. The van der Waals surface area contributed by atoms with Gasteiger partial charge >= 0.3 is 5.97 Å². The summed E-state index contributed by atoms with van der Waals surface area (Å²) in [5.74, 6) is 3.50. The van der Waals surface area contributed by atoms with Crippen LogP contribution >= 0.6 is 0 Å². The maximum atomic E-state index is 11.7. The van der Waals surface area contributed by atoms with E-state index in [-0.39, 0.29) is 0 Å². The molecule has 1 heterocycles. The van der Waals surface area contributed by atoms with E-state index in [4.69, 9.17) is 9.47 Å².